The van der Waals surface area contributed by atoms with Gasteiger partial charge in [0.15, 0.2) is 6.10 Å². The zero-order valence-corrected chi connectivity index (χ0v) is 36.1. The first-order valence-electron chi connectivity index (χ1n) is 22.4. The second kappa shape index (κ2) is 45.9. The summed E-state index contributed by atoms with van der Waals surface area (Å²) in [6.07, 6.45) is 62.8. The molecule has 0 aromatic rings. The highest BCUT2D eigenvalue weighted by molar-refractivity contribution is 5.70. The van der Waals surface area contributed by atoms with Crippen LogP contribution in [0.3, 0.4) is 0 Å². The lowest BCUT2D eigenvalue weighted by atomic mass is 10.1. The Kier molecular flexibility index (Phi) is 43.1. The van der Waals surface area contributed by atoms with E-state index in [0.29, 0.717) is 19.4 Å². The van der Waals surface area contributed by atoms with E-state index >= 15 is 0 Å². The van der Waals surface area contributed by atoms with Gasteiger partial charge >= 0.3 is 11.9 Å². The van der Waals surface area contributed by atoms with E-state index in [1.165, 1.54) is 32.1 Å². The fourth-order valence-corrected chi connectivity index (χ4v) is 5.56. The van der Waals surface area contributed by atoms with Gasteiger partial charge in [-0.25, -0.2) is 0 Å². The minimum atomic E-state index is -0.583. The molecule has 0 aromatic heterocycles. The highest BCUT2D eigenvalue weighted by atomic mass is 16.6. The van der Waals surface area contributed by atoms with E-state index in [9.17, 15) is 9.59 Å². The molecule has 0 saturated heterocycles. The van der Waals surface area contributed by atoms with Crippen LogP contribution in [0.2, 0.25) is 0 Å². The lowest BCUT2D eigenvalue weighted by molar-refractivity contribution is -0.162. The third kappa shape index (κ3) is 43.3. The van der Waals surface area contributed by atoms with Crippen molar-refractivity contribution in [1.82, 2.24) is 0 Å². The Bertz CT molecular complexity index is 1150. The standard InChI is InChI=1S/C51H82O5/c1-4-7-10-13-15-17-19-21-23-25-26-27-28-30-32-34-36-39-41-44-50(52)55-48-49(56-51(53)45-42-38-12-9-6-3)47-54-46-43-40-37-35-33-31-29-24-22-20-18-16-14-11-8-5-2/h7-8,10-11,15-18,21-24,26-27,31,33,37,40,49H,4-6,9,12-14,19-20,25,28-30,32,34-36,38-39,41-48H2,1-3H3/b10-7-,11-8-,17-15-,18-16-,23-21-,24-22-,27-26-,33-31-,40-37-. The van der Waals surface area contributed by atoms with E-state index < -0.39 is 6.10 Å². The summed E-state index contributed by atoms with van der Waals surface area (Å²) >= 11 is 0. The lowest BCUT2D eigenvalue weighted by Crippen LogP contribution is -2.30. The van der Waals surface area contributed by atoms with Crippen molar-refractivity contribution in [1.29, 1.82) is 0 Å². The van der Waals surface area contributed by atoms with Crippen LogP contribution < -0.4 is 0 Å². The molecule has 0 radical (unpaired) electrons. The summed E-state index contributed by atoms with van der Waals surface area (Å²) in [4.78, 5) is 25.0. The Morgan fingerprint density at radius 3 is 1.29 bits per heavy atom. The number of carbonyl (C=O) groups is 2. The number of unbranched alkanes of at least 4 members (excludes halogenated alkanes) is 10. The van der Waals surface area contributed by atoms with E-state index in [1.807, 2.05) is 0 Å². The minimum Gasteiger partial charge on any atom is -0.462 e. The number of hydrogen-bond donors (Lipinski definition) is 0. The molecule has 56 heavy (non-hydrogen) atoms. The summed E-state index contributed by atoms with van der Waals surface area (Å²) in [6.45, 7) is 7.27. The minimum absolute atomic E-state index is 0.0410. The molecule has 0 amide bonds. The SMILES string of the molecule is CC/C=C\C/C=C\C/C=C\C/C=C\C/C=C\CCOCC(COC(=O)CCCCCCCC/C=C\C/C=C\C/C=C\C/C=C\CC)OC(=O)CCCCCCC. The van der Waals surface area contributed by atoms with Gasteiger partial charge < -0.3 is 14.2 Å². The molecule has 0 N–H and O–H groups in total. The smallest absolute Gasteiger partial charge is 0.306 e. The number of rotatable bonds is 39. The van der Waals surface area contributed by atoms with Crippen molar-refractivity contribution in [3.63, 3.8) is 0 Å². The maximum absolute atomic E-state index is 12.5. The fourth-order valence-electron chi connectivity index (χ4n) is 5.56. The molecule has 0 aliphatic rings. The molecule has 0 aliphatic heterocycles. The predicted octanol–water partition coefficient (Wildman–Crippen LogP) is 14.9. The maximum atomic E-state index is 12.5. The van der Waals surface area contributed by atoms with Gasteiger partial charge in [0.2, 0.25) is 0 Å². The van der Waals surface area contributed by atoms with Gasteiger partial charge in [0.25, 0.3) is 0 Å². The molecule has 5 heteroatoms. The van der Waals surface area contributed by atoms with Crippen LogP contribution in [0.4, 0.5) is 0 Å². The fraction of sp³-hybridized carbons (Fsp3) is 0.608. The Hall–Kier alpha value is -3.44. The largest absolute Gasteiger partial charge is 0.462 e. The van der Waals surface area contributed by atoms with E-state index in [0.717, 1.165) is 109 Å². The average molecular weight is 775 g/mol. The van der Waals surface area contributed by atoms with Gasteiger partial charge in [-0.2, -0.15) is 0 Å². The van der Waals surface area contributed by atoms with Gasteiger partial charge in [0.1, 0.15) is 6.61 Å². The first kappa shape index (κ1) is 52.6. The monoisotopic (exact) mass is 775 g/mol. The number of allylic oxidation sites excluding steroid dienone is 17. The van der Waals surface area contributed by atoms with Gasteiger partial charge in [-0.3, -0.25) is 9.59 Å². The van der Waals surface area contributed by atoms with Crippen molar-refractivity contribution in [3.05, 3.63) is 109 Å². The third-order valence-corrected chi connectivity index (χ3v) is 8.82. The summed E-state index contributed by atoms with van der Waals surface area (Å²) in [5, 5.41) is 0. The summed E-state index contributed by atoms with van der Waals surface area (Å²) in [7, 11) is 0. The normalized spacial score (nSPS) is 13.3. The molecule has 0 bridgehead atoms. The van der Waals surface area contributed by atoms with Crippen molar-refractivity contribution in [2.24, 2.45) is 0 Å². The quantitative estimate of drug-likeness (QED) is 0.0354. The molecule has 316 valence electrons. The topological polar surface area (TPSA) is 61.8 Å². The molecule has 0 aliphatic carbocycles. The third-order valence-electron chi connectivity index (χ3n) is 8.82. The second-order valence-corrected chi connectivity index (χ2v) is 14.2. The van der Waals surface area contributed by atoms with Crippen molar-refractivity contribution in [2.75, 3.05) is 19.8 Å². The van der Waals surface area contributed by atoms with Crippen LogP contribution in [0.15, 0.2) is 109 Å². The molecule has 0 spiro atoms. The van der Waals surface area contributed by atoms with Crippen molar-refractivity contribution >= 4 is 11.9 Å². The van der Waals surface area contributed by atoms with Crippen molar-refractivity contribution in [3.8, 4) is 0 Å². The molecule has 0 fully saturated rings. The molecule has 0 saturated carbocycles. The van der Waals surface area contributed by atoms with Crippen LogP contribution in [0.25, 0.3) is 0 Å². The van der Waals surface area contributed by atoms with Crippen LogP contribution >= 0.6 is 0 Å². The molecular weight excluding hydrogens is 693 g/mol. The summed E-state index contributed by atoms with van der Waals surface area (Å²) in [5.74, 6) is -0.477. The van der Waals surface area contributed by atoms with Crippen LogP contribution in [0.1, 0.15) is 175 Å². The number of ether oxygens (including phenoxy) is 3. The van der Waals surface area contributed by atoms with Crippen molar-refractivity contribution < 1.29 is 23.8 Å². The highest BCUT2D eigenvalue weighted by Gasteiger charge is 2.17. The van der Waals surface area contributed by atoms with E-state index in [1.54, 1.807) is 0 Å². The summed E-state index contributed by atoms with van der Waals surface area (Å²) < 4.78 is 17.1. The second-order valence-electron chi connectivity index (χ2n) is 14.2. The van der Waals surface area contributed by atoms with Crippen LogP contribution in [-0.2, 0) is 23.8 Å². The summed E-state index contributed by atoms with van der Waals surface area (Å²) in [5.41, 5.74) is 0. The predicted molar refractivity (Wildman–Crippen MR) is 242 cm³/mol. The van der Waals surface area contributed by atoms with Gasteiger partial charge in [-0.05, 0) is 89.9 Å². The van der Waals surface area contributed by atoms with Crippen LogP contribution in [-0.4, -0.2) is 37.9 Å². The van der Waals surface area contributed by atoms with Crippen LogP contribution in [0.5, 0.6) is 0 Å². The van der Waals surface area contributed by atoms with Gasteiger partial charge in [0.05, 0.1) is 13.2 Å². The molecular formula is C51H82O5. The first-order chi connectivity index (χ1) is 27.6. The van der Waals surface area contributed by atoms with Gasteiger partial charge in [-0.1, -0.05) is 182 Å². The zero-order valence-electron chi connectivity index (χ0n) is 36.1. The lowest BCUT2D eigenvalue weighted by Gasteiger charge is -2.18. The number of hydrogen-bond acceptors (Lipinski definition) is 5. The molecule has 5 nitrogen and oxygen atoms in total. The zero-order chi connectivity index (χ0) is 40.7. The Morgan fingerprint density at radius 2 is 0.804 bits per heavy atom. The van der Waals surface area contributed by atoms with E-state index in [-0.39, 0.29) is 25.2 Å². The van der Waals surface area contributed by atoms with Crippen molar-refractivity contribution in [2.45, 2.75) is 181 Å². The number of carbonyl (C=O) groups excluding carboxylic acids is 2. The molecule has 0 aromatic carbocycles. The van der Waals surface area contributed by atoms with E-state index in [2.05, 4.69) is 130 Å². The average Bonchev–Trinajstić information content (AvgIpc) is 3.20. The molecule has 0 heterocycles. The van der Waals surface area contributed by atoms with E-state index in [4.69, 9.17) is 14.2 Å². The highest BCUT2D eigenvalue weighted by Crippen LogP contribution is 2.11. The summed E-state index contributed by atoms with van der Waals surface area (Å²) in [6, 6.07) is 0. The first-order valence-corrected chi connectivity index (χ1v) is 22.4. The van der Waals surface area contributed by atoms with Gasteiger partial charge in [-0.15, -0.1) is 0 Å². The van der Waals surface area contributed by atoms with Crippen LogP contribution in [0, 0.1) is 0 Å². The Morgan fingerprint density at radius 1 is 0.411 bits per heavy atom. The Balaban J connectivity index is 4.22. The molecule has 1 unspecified atom stereocenters. The maximum Gasteiger partial charge on any atom is 0.306 e. The van der Waals surface area contributed by atoms with Gasteiger partial charge in [0, 0.05) is 12.8 Å². The molecule has 1 atom stereocenters. The number of esters is 2. The molecule has 0 rings (SSSR count). The Labute approximate surface area is 344 Å².